The Morgan fingerprint density at radius 2 is 2.08 bits per heavy atom. The molecule has 216 valence electrons. The molecule has 16 heteroatoms. The fraction of sp³-hybridized carbons (Fsp3) is 0.583. The number of piperidine rings is 1. The standard InChI is InChI=1S/C24H29F3N8O5/c1-13(24(25,26)27)31-21(36)19-28-8-16-20(33-19)35(14-5-4-6-34(16)9-14)22(37)32-17-7-18(30-12-29-17)38-10-15-11-39-23(2,3)40-15/h7-8,12-15H,4-6,9-11H2,1-3H3,(H,31,36)(H,29,30,32,37)/t13?,14-,15+/m0/s1. The van der Waals surface area contributed by atoms with Crippen molar-refractivity contribution in [1.82, 2.24) is 25.3 Å². The molecule has 2 aromatic rings. The van der Waals surface area contributed by atoms with Crippen LogP contribution in [0.25, 0.3) is 0 Å². The lowest BCUT2D eigenvalue weighted by Crippen LogP contribution is -2.56. The Balaban J connectivity index is 1.33. The predicted octanol–water partition coefficient (Wildman–Crippen LogP) is 2.50. The molecule has 3 aliphatic heterocycles. The van der Waals surface area contributed by atoms with Crippen LogP contribution in [0.5, 0.6) is 5.88 Å². The first kappa shape index (κ1) is 27.8. The minimum atomic E-state index is -4.63. The molecule has 1 unspecified atom stereocenters. The number of hydrogen-bond donors (Lipinski definition) is 2. The summed E-state index contributed by atoms with van der Waals surface area (Å²) >= 11 is 0. The zero-order valence-corrected chi connectivity index (χ0v) is 22.1. The quantitative estimate of drug-likeness (QED) is 0.535. The van der Waals surface area contributed by atoms with Crippen molar-refractivity contribution in [3.05, 3.63) is 24.4 Å². The van der Waals surface area contributed by atoms with Crippen molar-refractivity contribution in [3.8, 4) is 5.88 Å². The number of carbonyl (C=O) groups excluding carboxylic acids is 2. The van der Waals surface area contributed by atoms with E-state index in [9.17, 15) is 22.8 Å². The Morgan fingerprint density at radius 3 is 2.80 bits per heavy atom. The zero-order chi connectivity index (χ0) is 28.7. The van der Waals surface area contributed by atoms with Crippen LogP contribution in [0, 0.1) is 0 Å². The number of aromatic nitrogens is 4. The van der Waals surface area contributed by atoms with E-state index in [4.69, 9.17) is 14.2 Å². The summed E-state index contributed by atoms with van der Waals surface area (Å²) in [6, 6.07) is -1.52. The summed E-state index contributed by atoms with van der Waals surface area (Å²) in [5, 5.41) is 4.56. The Kier molecular flexibility index (Phi) is 7.39. The first-order valence-electron chi connectivity index (χ1n) is 12.8. The van der Waals surface area contributed by atoms with Gasteiger partial charge in [-0.3, -0.25) is 15.0 Å². The van der Waals surface area contributed by atoms with Gasteiger partial charge in [-0.1, -0.05) is 0 Å². The summed E-state index contributed by atoms with van der Waals surface area (Å²) in [4.78, 5) is 45.8. The number of anilines is 3. The third kappa shape index (κ3) is 6.01. The van der Waals surface area contributed by atoms with Gasteiger partial charge in [0.2, 0.25) is 11.7 Å². The summed E-state index contributed by atoms with van der Waals surface area (Å²) < 4.78 is 55.8. The average Bonchev–Trinajstić information content (AvgIpc) is 3.25. The van der Waals surface area contributed by atoms with Crippen molar-refractivity contribution in [2.45, 2.75) is 63.8 Å². The van der Waals surface area contributed by atoms with E-state index in [2.05, 4.69) is 25.3 Å². The van der Waals surface area contributed by atoms with Crippen molar-refractivity contribution >= 4 is 29.3 Å². The molecule has 2 saturated heterocycles. The smallest absolute Gasteiger partial charge is 0.408 e. The van der Waals surface area contributed by atoms with Gasteiger partial charge in [-0.2, -0.15) is 13.2 Å². The molecule has 0 spiro atoms. The molecule has 40 heavy (non-hydrogen) atoms. The maximum absolute atomic E-state index is 13.5. The van der Waals surface area contributed by atoms with Gasteiger partial charge in [0.25, 0.3) is 5.91 Å². The number of nitrogens with zero attached hydrogens (tertiary/aromatic N) is 6. The lowest BCUT2D eigenvalue weighted by molar-refractivity contribution is -0.149. The third-order valence-electron chi connectivity index (χ3n) is 6.70. The van der Waals surface area contributed by atoms with Crippen LogP contribution in [0.3, 0.4) is 0 Å². The minimum absolute atomic E-state index is 0.125. The molecule has 13 nitrogen and oxygen atoms in total. The van der Waals surface area contributed by atoms with Gasteiger partial charge < -0.3 is 24.4 Å². The molecule has 3 amide bonds. The summed E-state index contributed by atoms with van der Waals surface area (Å²) in [7, 11) is 0. The average molecular weight is 567 g/mol. The van der Waals surface area contributed by atoms with Crippen LogP contribution in [0.2, 0.25) is 0 Å². The Hall–Kier alpha value is -3.79. The molecule has 2 aromatic heterocycles. The van der Waals surface area contributed by atoms with Gasteiger partial charge in [-0.25, -0.2) is 24.7 Å². The van der Waals surface area contributed by atoms with Crippen LogP contribution in [-0.2, 0) is 9.47 Å². The molecule has 3 atom stereocenters. The SMILES string of the molecule is CC(NC(=O)c1ncc2c(n1)N(C(=O)Nc1cc(OC[C@@H]3COC(C)(C)O3)ncn1)[C@H]1CCCN2C1)C(F)(F)F. The third-order valence-corrected chi connectivity index (χ3v) is 6.70. The summed E-state index contributed by atoms with van der Waals surface area (Å²) in [5.41, 5.74) is 0.500. The number of ether oxygens (including phenoxy) is 3. The number of alkyl halides is 3. The Bertz CT molecular complexity index is 1280. The maximum Gasteiger partial charge on any atom is 0.408 e. The van der Waals surface area contributed by atoms with Crippen LogP contribution in [0.4, 0.5) is 35.3 Å². The molecule has 0 aromatic carbocycles. The second kappa shape index (κ2) is 10.6. The highest BCUT2D eigenvalue weighted by molar-refractivity contribution is 6.04. The molecule has 0 aliphatic carbocycles. The highest BCUT2D eigenvalue weighted by Crippen LogP contribution is 2.37. The molecular weight excluding hydrogens is 537 g/mol. The van der Waals surface area contributed by atoms with Gasteiger partial charge in [0.15, 0.2) is 11.6 Å². The van der Waals surface area contributed by atoms with Crippen molar-refractivity contribution in [3.63, 3.8) is 0 Å². The number of halogens is 3. The number of urea groups is 1. The molecule has 2 fully saturated rings. The predicted molar refractivity (Wildman–Crippen MR) is 134 cm³/mol. The number of nitrogens with one attached hydrogen (secondary N) is 2. The maximum atomic E-state index is 13.5. The number of rotatable bonds is 6. The molecule has 2 bridgehead atoms. The summed E-state index contributed by atoms with van der Waals surface area (Å²) in [5.74, 6) is -1.78. The van der Waals surface area contributed by atoms with Crippen LogP contribution in [0.1, 0.15) is 44.2 Å². The van der Waals surface area contributed by atoms with E-state index in [1.165, 1.54) is 23.5 Å². The number of fused-ring (bicyclic) bond motifs is 4. The van der Waals surface area contributed by atoms with Crippen molar-refractivity contribution in [2.24, 2.45) is 0 Å². The highest BCUT2D eigenvalue weighted by atomic mass is 19.4. The van der Waals surface area contributed by atoms with E-state index in [0.29, 0.717) is 31.8 Å². The van der Waals surface area contributed by atoms with Gasteiger partial charge >= 0.3 is 12.2 Å². The fourth-order valence-corrected chi connectivity index (χ4v) is 4.72. The van der Waals surface area contributed by atoms with E-state index in [0.717, 1.165) is 13.3 Å². The van der Waals surface area contributed by atoms with Gasteiger partial charge in [-0.05, 0) is 33.6 Å². The monoisotopic (exact) mass is 566 g/mol. The van der Waals surface area contributed by atoms with Gasteiger partial charge in [-0.15, -0.1) is 0 Å². The van der Waals surface area contributed by atoms with Gasteiger partial charge in [0.1, 0.15) is 30.9 Å². The van der Waals surface area contributed by atoms with Crippen LogP contribution in [-0.4, -0.2) is 88.3 Å². The van der Waals surface area contributed by atoms with E-state index < -0.39 is 35.8 Å². The Labute approximate surface area is 227 Å². The molecule has 2 N–H and O–H groups in total. The number of carbonyl (C=O) groups is 2. The molecule has 5 rings (SSSR count). The molecule has 0 saturated carbocycles. The molecule has 5 heterocycles. The lowest BCUT2D eigenvalue weighted by atomic mass is 10.0. The zero-order valence-electron chi connectivity index (χ0n) is 22.1. The van der Waals surface area contributed by atoms with E-state index >= 15 is 0 Å². The highest BCUT2D eigenvalue weighted by Gasteiger charge is 2.41. The molecule has 0 radical (unpaired) electrons. The molecule has 3 aliphatic rings. The van der Waals surface area contributed by atoms with E-state index in [1.54, 1.807) is 13.8 Å². The first-order chi connectivity index (χ1) is 18.9. The fourth-order valence-electron chi connectivity index (χ4n) is 4.72. The second-order valence-electron chi connectivity index (χ2n) is 10.2. The van der Waals surface area contributed by atoms with Crippen molar-refractivity contribution in [1.29, 1.82) is 0 Å². The van der Waals surface area contributed by atoms with E-state index in [1.807, 2.05) is 10.2 Å². The van der Waals surface area contributed by atoms with Crippen molar-refractivity contribution in [2.75, 3.05) is 41.4 Å². The number of hydrogen-bond acceptors (Lipinski definition) is 10. The topological polar surface area (TPSA) is 144 Å². The van der Waals surface area contributed by atoms with E-state index in [-0.39, 0.29) is 36.3 Å². The van der Waals surface area contributed by atoms with Gasteiger partial charge in [0, 0.05) is 19.2 Å². The number of amides is 3. The molecular formula is C24H29F3N8O5. The normalized spacial score (nSPS) is 22.4. The van der Waals surface area contributed by atoms with Crippen LogP contribution >= 0.6 is 0 Å². The first-order valence-corrected chi connectivity index (χ1v) is 12.8. The lowest BCUT2D eigenvalue weighted by Gasteiger charge is -2.45. The largest absolute Gasteiger partial charge is 0.475 e. The second-order valence-corrected chi connectivity index (χ2v) is 10.2. The van der Waals surface area contributed by atoms with Crippen molar-refractivity contribution < 1.29 is 37.0 Å². The minimum Gasteiger partial charge on any atom is -0.475 e. The summed E-state index contributed by atoms with van der Waals surface area (Å²) in [6.07, 6.45) is -0.865. The van der Waals surface area contributed by atoms with Gasteiger partial charge in [0.05, 0.1) is 24.5 Å². The summed E-state index contributed by atoms with van der Waals surface area (Å²) in [6.45, 7) is 6.18. The van der Waals surface area contributed by atoms with Crippen LogP contribution < -0.4 is 25.2 Å². The van der Waals surface area contributed by atoms with Crippen LogP contribution in [0.15, 0.2) is 18.6 Å². The Morgan fingerprint density at radius 1 is 1.27 bits per heavy atom.